The van der Waals surface area contributed by atoms with Crippen molar-refractivity contribution in [3.8, 4) is 0 Å². The quantitative estimate of drug-likeness (QED) is 0.735. The second kappa shape index (κ2) is 4.97. The first kappa shape index (κ1) is 12.7. The molecule has 1 amide bonds. The molecule has 0 saturated heterocycles. The van der Waals surface area contributed by atoms with E-state index in [0.29, 0.717) is 5.13 Å². The zero-order valence-corrected chi connectivity index (χ0v) is 11.4. The number of aromatic nitrogens is 2. The maximum absolute atomic E-state index is 13.0. The highest BCUT2D eigenvalue weighted by Crippen LogP contribution is 2.26. The van der Waals surface area contributed by atoms with E-state index in [2.05, 4.69) is 15.3 Å². The van der Waals surface area contributed by atoms with Crippen molar-refractivity contribution in [3.05, 3.63) is 53.6 Å². The number of rotatable bonds is 2. The van der Waals surface area contributed by atoms with E-state index >= 15 is 0 Å². The van der Waals surface area contributed by atoms with Gasteiger partial charge in [-0.3, -0.25) is 10.1 Å². The lowest BCUT2D eigenvalue weighted by atomic mass is 10.2. The van der Waals surface area contributed by atoms with Gasteiger partial charge < -0.3 is 0 Å². The highest BCUT2D eigenvalue weighted by Gasteiger charge is 2.11. The van der Waals surface area contributed by atoms with Crippen molar-refractivity contribution in [3.63, 3.8) is 0 Å². The van der Waals surface area contributed by atoms with Crippen LogP contribution in [0.4, 0.5) is 9.52 Å². The van der Waals surface area contributed by atoms with Crippen molar-refractivity contribution >= 4 is 32.6 Å². The molecule has 0 aliphatic heterocycles. The lowest BCUT2D eigenvalue weighted by molar-refractivity contribution is 0.102. The number of nitrogens with one attached hydrogen (secondary N) is 1. The average Bonchev–Trinajstić information content (AvgIpc) is 2.80. The van der Waals surface area contributed by atoms with Crippen LogP contribution in [0.15, 0.2) is 36.4 Å². The first-order valence-corrected chi connectivity index (χ1v) is 6.74. The van der Waals surface area contributed by atoms with Gasteiger partial charge in [-0.1, -0.05) is 23.5 Å². The number of anilines is 1. The number of carbonyl (C=O) groups is 1. The monoisotopic (exact) mass is 287 g/mol. The van der Waals surface area contributed by atoms with E-state index in [0.717, 1.165) is 15.8 Å². The van der Waals surface area contributed by atoms with E-state index in [-0.39, 0.29) is 5.69 Å². The number of aryl methyl sites for hydroxylation is 1. The summed E-state index contributed by atoms with van der Waals surface area (Å²) in [6.07, 6.45) is 0. The summed E-state index contributed by atoms with van der Waals surface area (Å²) in [7, 11) is 0. The Balaban J connectivity index is 1.87. The fourth-order valence-corrected chi connectivity index (χ4v) is 2.74. The first-order chi connectivity index (χ1) is 9.61. The van der Waals surface area contributed by atoms with Crippen molar-refractivity contribution in [1.29, 1.82) is 0 Å². The molecule has 0 spiro atoms. The number of pyridine rings is 1. The van der Waals surface area contributed by atoms with Gasteiger partial charge in [0.2, 0.25) is 5.95 Å². The summed E-state index contributed by atoms with van der Waals surface area (Å²) in [5.74, 6) is -1.15. The van der Waals surface area contributed by atoms with Crippen LogP contribution in [-0.2, 0) is 0 Å². The average molecular weight is 287 g/mol. The highest BCUT2D eigenvalue weighted by atomic mass is 32.1. The minimum atomic E-state index is -0.683. The van der Waals surface area contributed by atoms with Crippen LogP contribution in [0.1, 0.15) is 16.1 Å². The van der Waals surface area contributed by atoms with Crippen molar-refractivity contribution < 1.29 is 9.18 Å². The van der Waals surface area contributed by atoms with Crippen molar-refractivity contribution in [2.45, 2.75) is 6.92 Å². The molecule has 0 fully saturated rings. The number of hydrogen-bond donors (Lipinski definition) is 1. The lowest BCUT2D eigenvalue weighted by Gasteiger charge is -2.00. The Labute approximate surface area is 118 Å². The Morgan fingerprint density at radius 2 is 2.10 bits per heavy atom. The van der Waals surface area contributed by atoms with Gasteiger partial charge in [-0.05, 0) is 36.8 Å². The van der Waals surface area contributed by atoms with Crippen LogP contribution in [-0.4, -0.2) is 15.9 Å². The number of nitrogens with zero attached hydrogens (tertiary/aromatic N) is 2. The van der Waals surface area contributed by atoms with Gasteiger partial charge >= 0.3 is 0 Å². The Morgan fingerprint density at radius 1 is 1.25 bits per heavy atom. The molecule has 6 heteroatoms. The molecule has 4 nitrogen and oxygen atoms in total. The summed E-state index contributed by atoms with van der Waals surface area (Å²) in [5.41, 5.74) is 1.98. The predicted octanol–water partition coefficient (Wildman–Crippen LogP) is 3.39. The summed E-state index contributed by atoms with van der Waals surface area (Å²) in [5, 5.41) is 3.11. The van der Waals surface area contributed by atoms with Crippen LogP contribution in [0.25, 0.3) is 10.2 Å². The van der Waals surface area contributed by atoms with Crippen LogP contribution in [0.2, 0.25) is 0 Å². The molecule has 1 aromatic carbocycles. The second-order valence-electron chi connectivity index (χ2n) is 4.29. The lowest BCUT2D eigenvalue weighted by Crippen LogP contribution is -2.13. The maximum atomic E-state index is 13.0. The SMILES string of the molecule is Cc1ccc2nc(NC(=O)c3cccc([19F])n3)sc2c1. The van der Waals surface area contributed by atoms with Crippen molar-refractivity contribution in [1.82, 2.24) is 9.97 Å². The molecule has 20 heavy (non-hydrogen) atoms. The molecule has 0 aliphatic rings. The minimum Gasteiger partial charge on any atom is -0.296 e. The third kappa shape index (κ3) is 2.50. The van der Waals surface area contributed by atoms with Crippen LogP contribution >= 0.6 is 11.3 Å². The van der Waals surface area contributed by atoms with Crippen molar-refractivity contribution in [2.75, 3.05) is 5.32 Å². The van der Waals surface area contributed by atoms with Gasteiger partial charge in [-0.15, -0.1) is 0 Å². The molecule has 1 N–H and O–H groups in total. The molecule has 0 aliphatic carbocycles. The highest BCUT2D eigenvalue weighted by molar-refractivity contribution is 7.22. The van der Waals surface area contributed by atoms with Gasteiger partial charge in [-0.25, -0.2) is 9.97 Å². The number of benzene rings is 1. The number of halogens is 1. The van der Waals surface area contributed by atoms with Gasteiger partial charge in [0.15, 0.2) is 5.13 Å². The Kier molecular flexibility index (Phi) is 3.15. The Bertz CT molecular complexity index is 800. The predicted molar refractivity (Wildman–Crippen MR) is 76.5 cm³/mol. The number of carbonyl (C=O) groups excluding carboxylic acids is 1. The molecule has 2 heterocycles. The van der Waals surface area contributed by atoms with E-state index in [1.165, 1.54) is 29.5 Å². The zero-order chi connectivity index (χ0) is 14.1. The van der Waals surface area contributed by atoms with E-state index < -0.39 is 11.9 Å². The molecule has 3 rings (SSSR count). The summed E-state index contributed by atoms with van der Waals surface area (Å²) in [4.78, 5) is 19.8. The molecule has 3 aromatic rings. The fraction of sp³-hybridized carbons (Fsp3) is 0.0714. The molecular formula is C14H10FN3OS. The molecule has 0 saturated carbocycles. The normalized spacial score (nSPS) is 10.7. The van der Waals surface area contributed by atoms with E-state index in [9.17, 15) is 9.18 Å². The molecule has 100 valence electrons. The third-order valence-corrected chi connectivity index (χ3v) is 3.65. The van der Waals surface area contributed by atoms with Crippen LogP contribution in [0.3, 0.4) is 0 Å². The molecule has 0 atom stereocenters. The van der Waals surface area contributed by atoms with E-state index in [1.54, 1.807) is 0 Å². The smallest absolute Gasteiger partial charge is 0.276 e. The maximum Gasteiger partial charge on any atom is 0.276 e. The van der Waals surface area contributed by atoms with Gasteiger partial charge in [0.1, 0.15) is 5.69 Å². The van der Waals surface area contributed by atoms with Crippen LogP contribution < -0.4 is 5.32 Å². The fourth-order valence-electron chi connectivity index (χ4n) is 1.78. The molecule has 2 aromatic heterocycles. The van der Waals surface area contributed by atoms with Gasteiger partial charge in [-0.2, -0.15) is 4.39 Å². The largest absolute Gasteiger partial charge is 0.296 e. The Hall–Kier alpha value is -2.34. The number of fused-ring (bicyclic) bond motifs is 1. The number of hydrogen-bond acceptors (Lipinski definition) is 4. The van der Waals surface area contributed by atoms with Gasteiger partial charge in [0, 0.05) is 0 Å². The number of thiazole rings is 1. The molecule has 0 radical (unpaired) electrons. The molecule has 0 unspecified atom stereocenters. The molecular weight excluding hydrogens is 277 g/mol. The second-order valence-corrected chi connectivity index (χ2v) is 5.32. The van der Waals surface area contributed by atoms with Crippen LogP contribution in [0.5, 0.6) is 0 Å². The summed E-state index contributed by atoms with van der Waals surface area (Å²) in [6, 6.07) is 9.95. The summed E-state index contributed by atoms with van der Waals surface area (Å²) in [6.45, 7) is 1.99. The molecule has 0 bridgehead atoms. The van der Waals surface area contributed by atoms with Gasteiger partial charge in [0.05, 0.1) is 10.2 Å². The van der Waals surface area contributed by atoms with Gasteiger partial charge in [0.25, 0.3) is 5.91 Å². The Morgan fingerprint density at radius 3 is 2.90 bits per heavy atom. The topological polar surface area (TPSA) is 54.9 Å². The minimum absolute atomic E-state index is 0.0282. The van der Waals surface area contributed by atoms with E-state index in [4.69, 9.17) is 0 Å². The summed E-state index contributed by atoms with van der Waals surface area (Å²) >= 11 is 1.37. The number of amides is 1. The summed E-state index contributed by atoms with van der Waals surface area (Å²) < 4.78 is 14.0. The standard InChI is InChI=1S/C14H10FN3OS/c1-8-5-6-9-11(7-8)20-14(17-9)18-13(19)10-3-2-4-12(15)16-10/h2-7H,1H3,(H,17,18,19)/i15+0. The first-order valence-electron chi connectivity index (χ1n) is 5.93. The van der Waals surface area contributed by atoms with Crippen LogP contribution in [0, 0.1) is 12.9 Å². The zero-order valence-electron chi connectivity index (χ0n) is 10.6. The van der Waals surface area contributed by atoms with E-state index in [1.807, 2.05) is 25.1 Å². The third-order valence-electron chi connectivity index (χ3n) is 2.71. The van der Waals surface area contributed by atoms with Crippen molar-refractivity contribution in [2.24, 2.45) is 0 Å².